The predicted octanol–water partition coefficient (Wildman–Crippen LogP) is 1.99. The maximum Gasteiger partial charge on any atom is 0.299 e. The van der Waals surface area contributed by atoms with Crippen molar-refractivity contribution in [1.82, 2.24) is 4.98 Å². The minimum Gasteiger partial charge on any atom is -0.304 e. The lowest BCUT2D eigenvalue weighted by molar-refractivity contribution is -0.114. The van der Waals surface area contributed by atoms with Gasteiger partial charge in [-0.15, -0.1) is 0 Å². The van der Waals surface area contributed by atoms with Gasteiger partial charge in [-0.1, -0.05) is 6.07 Å². The summed E-state index contributed by atoms with van der Waals surface area (Å²) >= 11 is 0. The van der Waals surface area contributed by atoms with E-state index in [1.165, 1.54) is 23.1 Å². The maximum absolute atomic E-state index is 13.3. The van der Waals surface area contributed by atoms with E-state index in [1.807, 2.05) is 12.1 Å². The number of fused-ring (bicyclic) bond motifs is 1. The molecule has 3 rings (SSSR count). The SMILES string of the molecule is O=C1C(=O)N(CCc2ccccn2)c2cc(F)ccc21. The van der Waals surface area contributed by atoms with E-state index in [9.17, 15) is 14.0 Å². The zero-order valence-electron chi connectivity index (χ0n) is 10.5. The van der Waals surface area contributed by atoms with Crippen LogP contribution in [0.15, 0.2) is 42.6 Å². The van der Waals surface area contributed by atoms with Crippen molar-refractivity contribution in [2.24, 2.45) is 0 Å². The van der Waals surface area contributed by atoms with Gasteiger partial charge in [-0.25, -0.2) is 4.39 Å². The molecule has 1 aliphatic rings. The minimum atomic E-state index is -0.610. The van der Waals surface area contributed by atoms with Gasteiger partial charge in [0.2, 0.25) is 0 Å². The third-order valence-electron chi connectivity index (χ3n) is 3.25. The monoisotopic (exact) mass is 270 g/mol. The molecule has 0 spiro atoms. The Morgan fingerprint density at radius 2 is 2.00 bits per heavy atom. The second-order valence-electron chi connectivity index (χ2n) is 4.52. The van der Waals surface area contributed by atoms with E-state index in [4.69, 9.17) is 0 Å². The zero-order chi connectivity index (χ0) is 14.1. The summed E-state index contributed by atoms with van der Waals surface area (Å²) < 4.78 is 13.3. The molecule has 2 heterocycles. The summed E-state index contributed by atoms with van der Waals surface area (Å²) in [6.07, 6.45) is 2.18. The molecule has 1 aliphatic heterocycles. The van der Waals surface area contributed by atoms with E-state index in [0.717, 1.165) is 5.69 Å². The summed E-state index contributed by atoms with van der Waals surface area (Å²) in [5.74, 6) is -1.66. The fourth-order valence-electron chi connectivity index (χ4n) is 2.26. The topological polar surface area (TPSA) is 50.3 Å². The first-order valence-corrected chi connectivity index (χ1v) is 6.22. The number of carbonyl (C=O) groups is 2. The van der Waals surface area contributed by atoms with E-state index in [2.05, 4.69) is 4.98 Å². The average Bonchev–Trinajstić information content (AvgIpc) is 2.70. The third kappa shape index (κ3) is 2.07. The number of nitrogens with zero attached hydrogens (tertiary/aromatic N) is 2. The molecule has 0 unspecified atom stereocenters. The van der Waals surface area contributed by atoms with Crippen LogP contribution in [0.4, 0.5) is 10.1 Å². The molecule has 0 aliphatic carbocycles. The molecular formula is C15H11FN2O2. The minimum absolute atomic E-state index is 0.262. The number of benzene rings is 1. The number of carbonyl (C=O) groups excluding carboxylic acids is 2. The predicted molar refractivity (Wildman–Crippen MR) is 71.0 cm³/mol. The molecule has 1 aromatic heterocycles. The van der Waals surface area contributed by atoms with Crippen LogP contribution in [-0.2, 0) is 11.2 Å². The summed E-state index contributed by atoms with van der Waals surface area (Å²) in [6.45, 7) is 0.304. The molecule has 100 valence electrons. The zero-order valence-corrected chi connectivity index (χ0v) is 10.5. The number of halogens is 1. The summed E-state index contributed by atoms with van der Waals surface area (Å²) in [5.41, 5.74) is 1.42. The second kappa shape index (κ2) is 4.85. The van der Waals surface area contributed by atoms with Crippen LogP contribution in [0.5, 0.6) is 0 Å². The molecule has 0 bridgehead atoms. The number of hydrogen-bond acceptors (Lipinski definition) is 3. The molecule has 0 atom stereocenters. The van der Waals surface area contributed by atoms with Gasteiger partial charge >= 0.3 is 0 Å². The van der Waals surface area contributed by atoms with Crippen molar-refractivity contribution in [2.45, 2.75) is 6.42 Å². The van der Waals surface area contributed by atoms with Crippen LogP contribution in [0.2, 0.25) is 0 Å². The van der Waals surface area contributed by atoms with Gasteiger partial charge in [-0.05, 0) is 30.3 Å². The van der Waals surface area contributed by atoms with Crippen molar-refractivity contribution in [2.75, 3.05) is 11.4 Å². The van der Waals surface area contributed by atoms with E-state index < -0.39 is 17.5 Å². The van der Waals surface area contributed by atoms with Crippen LogP contribution >= 0.6 is 0 Å². The summed E-state index contributed by atoms with van der Waals surface area (Å²) in [5, 5.41) is 0. The number of hydrogen-bond donors (Lipinski definition) is 0. The summed E-state index contributed by atoms with van der Waals surface area (Å²) in [6, 6.07) is 9.26. The third-order valence-corrected chi connectivity index (χ3v) is 3.25. The molecule has 5 heteroatoms. The standard InChI is InChI=1S/C15H11FN2O2/c16-10-4-5-12-13(9-10)18(15(20)14(12)19)8-6-11-3-1-2-7-17-11/h1-5,7,9H,6,8H2. The van der Waals surface area contributed by atoms with E-state index >= 15 is 0 Å². The number of ketones is 1. The van der Waals surface area contributed by atoms with Crippen molar-refractivity contribution in [3.05, 3.63) is 59.7 Å². The molecule has 1 aromatic carbocycles. The quantitative estimate of drug-likeness (QED) is 0.801. The first-order chi connectivity index (χ1) is 9.66. The Morgan fingerprint density at radius 1 is 1.15 bits per heavy atom. The lowest BCUT2D eigenvalue weighted by atomic mass is 10.1. The molecular weight excluding hydrogens is 259 g/mol. The highest BCUT2D eigenvalue weighted by molar-refractivity contribution is 6.52. The number of pyridine rings is 1. The Kier molecular flexibility index (Phi) is 3.02. The van der Waals surface area contributed by atoms with Crippen molar-refractivity contribution in [3.63, 3.8) is 0 Å². The van der Waals surface area contributed by atoms with Crippen LogP contribution in [0.1, 0.15) is 16.1 Å². The van der Waals surface area contributed by atoms with Crippen LogP contribution in [0.3, 0.4) is 0 Å². The molecule has 0 saturated heterocycles. The summed E-state index contributed by atoms with van der Waals surface area (Å²) in [4.78, 5) is 29.2. The van der Waals surface area contributed by atoms with Gasteiger partial charge < -0.3 is 4.90 Å². The highest BCUT2D eigenvalue weighted by atomic mass is 19.1. The van der Waals surface area contributed by atoms with E-state index in [-0.39, 0.29) is 5.56 Å². The van der Waals surface area contributed by atoms with Gasteiger partial charge in [-0.3, -0.25) is 14.6 Å². The van der Waals surface area contributed by atoms with Crippen LogP contribution in [-0.4, -0.2) is 23.2 Å². The van der Waals surface area contributed by atoms with Gasteiger partial charge in [0, 0.05) is 24.9 Å². The molecule has 4 nitrogen and oxygen atoms in total. The van der Waals surface area contributed by atoms with Gasteiger partial charge in [0.05, 0.1) is 11.3 Å². The Morgan fingerprint density at radius 3 is 2.75 bits per heavy atom. The molecule has 0 N–H and O–H groups in total. The van der Waals surface area contributed by atoms with Crippen molar-refractivity contribution < 1.29 is 14.0 Å². The first kappa shape index (κ1) is 12.5. The number of aromatic nitrogens is 1. The molecule has 2 aromatic rings. The number of Topliss-reactive ketones (excluding diaryl/α,β-unsaturated/α-hetero) is 1. The largest absolute Gasteiger partial charge is 0.304 e. The Hall–Kier alpha value is -2.56. The van der Waals surface area contributed by atoms with Gasteiger partial charge in [0.25, 0.3) is 11.7 Å². The van der Waals surface area contributed by atoms with Crippen molar-refractivity contribution in [3.8, 4) is 0 Å². The van der Waals surface area contributed by atoms with Gasteiger partial charge in [0.1, 0.15) is 5.82 Å². The Balaban J connectivity index is 1.86. The van der Waals surface area contributed by atoms with Gasteiger partial charge in [-0.2, -0.15) is 0 Å². The molecule has 0 radical (unpaired) electrons. The van der Waals surface area contributed by atoms with Crippen LogP contribution < -0.4 is 4.90 Å². The van der Waals surface area contributed by atoms with Crippen molar-refractivity contribution in [1.29, 1.82) is 0 Å². The molecule has 0 saturated carbocycles. The van der Waals surface area contributed by atoms with Crippen LogP contribution in [0.25, 0.3) is 0 Å². The summed E-state index contributed by atoms with van der Waals surface area (Å²) in [7, 11) is 0. The second-order valence-corrected chi connectivity index (χ2v) is 4.52. The average molecular weight is 270 g/mol. The number of anilines is 1. The Bertz CT molecular complexity index is 686. The number of rotatable bonds is 3. The number of amides is 1. The smallest absolute Gasteiger partial charge is 0.299 e. The Labute approximate surface area is 114 Å². The van der Waals surface area contributed by atoms with Crippen molar-refractivity contribution >= 4 is 17.4 Å². The first-order valence-electron chi connectivity index (χ1n) is 6.22. The van der Waals surface area contributed by atoms with E-state index in [0.29, 0.717) is 18.7 Å². The molecule has 20 heavy (non-hydrogen) atoms. The van der Waals surface area contributed by atoms with Crippen LogP contribution in [0, 0.1) is 5.82 Å². The normalized spacial score (nSPS) is 13.8. The lowest BCUT2D eigenvalue weighted by Gasteiger charge is -2.16. The molecule has 1 amide bonds. The maximum atomic E-state index is 13.3. The van der Waals surface area contributed by atoms with E-state index in [1.54, 1.807) is 12.3 Å². The van der Waals surface area contributed by atoms with Gasteiger partial charge in [0.15, 0.2) is 0 Å². The fourth-order valence-corrected chi connectivity index (χ4v) is 2.26. The highest BCUT2D eigenvalue weighted by Crippen LogP contribution is 2.29. The molecule has 0 fully saturated rings. The lowest BCUT2D eigenvalue weighted by Crippen LogP contribution is -2.31. The highest BCUT2D eigenvalue weighted by Gasteiger charge is 2.35. The fraction of sp³-hybridized carbons (Fsp3) is 0.133.